The smallest absolute Gasteiger partial charge is 0.335 e. The van der Waals surface area contributed by atoms with Crippen molar-refractivity contribution in [1.82, 2.24) is 4.90 Å². The van der Waals surface area contributed by atoms with E-state index in [1.807, 2.05) is 0 Å². The molecule has 1 aromatic rings. The zero-order valence-corrected chi connectivity index (χ0v) is 9.17. The van der Waals surface area contributed by atoms with E-state index in [0.29, 0.717) is 18.7 Å². The molecule has 0 aliphatic carbocycles. The first-order valence-electron chi connectivity index (χ1n) is 5.35. The summed E-state index contributed by atoms with van der Waals surface area (Å²) >= 11 is 0. The van der Waals surface area contributed by atoms with Gasteiger partial charge in [-0.25, -0.2) is 4.79 Å². The topological polar surface area (TPSA) is 77.8 Å². The Labute approximate surface area is 98.3 Å². The molecule has 2 rings (SSSR count). The summed E-state index contributed by atoms with van der Waals surface area (Å²) in [5.41, 5.74) is 0.660. The molecule has 0 spiro atoms. The summed E-state index contributed by atoms with van der Waals surface area (Å²) < 4.78 is 0. The summed E-state index contributed by atoms with van der Waals surface area (Å²) in [5, 5.41) is 18.1. The lowest BCUT2D eigenvalue weighted by Gasteiger charge is -2.36. The van der Waals surface area contributed by atoms with Crippen LogP contribution in [0, 0.1) is 0 Å². The van der Waals surface area contributed by atoms with Gasteiger partial charge in [0.1, 0.15) is 0 Å². The molecular weight excluding hydrogens is 222 g/mol. The molecule has 1 aliphatic rings. The minimum absolute atomic E-state index is 0.0647. The molecule has 0 aromatic heterocycles. The number of aliphatic hydroxyl groups excluding tert-OH is 1. The van der Waals surface area contributed by atoms with E-state index in [-0.39, 0.29) is 17.9 Å². The minimum atomic E-state index is -1.03. The highest BCUT2D eigenvalue weighted by atomic mass is 16.4. The zero-order valence-electron chi connectivity index (χ0n) is 9.17. The van der Waals surface area contributed by atoms with Gasteiger partial charge in [0.25, 0.3) is 0 Å². The summed E-state index contributed by atoms with van der Waals surface area (Å²) in [4.78, 5) is 24.2. The molecule has 2 N–H and O–H groups in total. The lowest BCUT2D eigenvalue weighted by Crippen LogP contribution is -2.54. The van der Waals surface area contributed by atoms with Crippen molar-refractivity contribution in [2.45, 2.75) is 12.5 Å². The first-order chi connectivity index (χ1) is 8.08. The van der Waals surface area contributed by atoms with Crippen molar-refractivity contribution >= 4 is 11.9 Å². The summed E-state index contributed by atoms with van der Waals surface area (Å²) in [6.07, 6.45) is -0.372. The van der Waals surface area contributed by atoms with Crippen LogP contribution in [0.3, 0.4) is 0 Å². The molecular formula is C12H13NO4. The number of hydrogen-bond donors (Lipinski definition) is 2. The fourth-order valence-electron chi connectivity index (χ4n) is 1.82. The van der Waals surface area contributed by atoms with Gasteiger partial charge in [0.2, 0.25) is 5.91 Å². The second kappa shape index (κ2) is 4.55. The van der Waals surface area contributed by atoms with Gasteiger partial charge < -0.3 is 15.1 Å². The van der Waals surface area contributed by atoms with Crippen LogP contribution in [0.25, 0.3) is 0 Å². The molecule has 90 valence electrons. The van der Waals surface area contributed by atoms with E-state index in [1.165, 1.54) is 11.0 Å². The van der Waals surface area contributed by atoms with Gasteiger partial charge in [-0.2, -0.15) is 0 Å². The molecule has 0 bridgehead atoms. The fourth-order valence-corrected chi connectivity index (χ4v) is 1.82. The highest BCUT2D eigenvalue weighted by molar-refractivity contribution is 5.91. The Morgan fingerprint density at radius 3 is 2.53 bits per heavy atom. The maximum Gasteiger partial charge on any atom is 0.335 e. The fraction of sp³-hybridized carbons (Fsp3) is 0.333. The number of β-amino-alcohol motifs (C(OH)–C–C–N with tert-alkyl or cyclic N) is 1. The van der Waals surface area contributed by atoms with Crippen LogP contribution >= 0.6 is 0 Å². The Kier molecular flexibility index (Phi) is 3.10. The third-order valence-corrected chi connectivity index (χ3v) is 2.80. The van der Waals surface area contributed by atoms with E-state index in [4.69, 9.17) is 10.2 Å². The van der Waals surface area contributed by atoms with Crippen molar-refractivity contribution in [3.05, 3.63) is 35.4 Å². The number of carbonyl (C=O) groups excluding carboxylic acids is 1. The molecule has 0 saturated carbocycles. The van der Waals surface area contributed by atoms with Gasteiger partial charge in [0, 0.05) is 13.1 Å². The number of carboxylic acid groups (broad SMARTS) is 1. The molecule has 5 heteroatoms. The number of amides is 1. The Bertz CT molecular complexity index is 452. The molecule has 1 heterocycles. The standard InChI is InChI=1S/C12H13NO4/c14-9-6-13(7-9)11(15)5-8-3-1-2-4-10(8)12(16)17/h1-4,9,14H,5-7H2,(H,16,17). The molecule has 17 heavy (non-hydrogen) atoms. The number of aliphatic hydroxyl groups is 1. The van der Waals surface area contributed by atoms with Crippen LogP contribution in [-0.2, 0) is 11.2 Å². The van der Waals surface area contributed by atoms with E-state index in [9.17, 15) is 9.59 Å². The average Bonchev–Trinajstić information content (AvgIpc) is 2.25. The number of rotatable bonds is 3. The summed E-state index contributed by atoms with van der Waals surface area (Å²) in [6.45, 7) is 0.683. The van der Waals surface area contributed by atoms with Crippen LogP contribution in [-0.4, -0.2) is 46.2 Å². The third-order valence-electron chi connectivity index (χ3n) is 2.80. The molecule has 0 radical (unpaired) electrons. The summed E-state index contributed by atoms with van der Waals surface area (Å²) in [5.74, 6) is -1.18. The largest absolute Gasteiger partial charge is 0.478 e. The predicted molar refractivity (Wildman–Crippen MR) is 59.7 cm³/mol. The van der Waals surface area contributed by atoms with Crippen LogP contribution in [0.5, 0.6) is 0 Å². The molecule has 1 aliphatic heterocycles. The van der Waals surface area contributed by atoms with Crippen molar-refractivity contribution in [3.8, 4) is 0 Å². The monoisotopic (exact) mass is 235 g/mol. The average molecular weight is 235 g/mol. The van der Waals surface area contributed by atoms with Crippen molar-refractivity contribution in [3.63, 3.8) is 0 Å². The molecule has 1 aromatic carbocycles. The number of hydrogen-bond acceptors (Lipinski definition) is 3. The number of aromatic carboxylic acids is 1. The van der Waals surface area contributed by atoms with Gasteiger partial charge in [0.05, 0.1) is 18.1 Å². The van der Waals surface area contributed by atoms with Crippen molar-refractivity contribution in [2.24, 2.45) is 0 Å². The third kappa shape index (κ3) is 2.45. The zero-order chi connectivity index (χ0) is 12.4. The lowest BCUT2D eigenvalue weighted by molar-refractivity contribution is -0.140. The van der Waals surface area contributed by atoms with Crippen molar-refractivity contribution in [1.29, 1.82) is 0 Å². The first kappa shape index (κ1) is 11.6. The highest BCUT2D eigenvalue weighted by Crippen LogP contribution is 2.14. The molecule has 1 amide bonds. The number of carboxylic acids is 1. The van der Waals surface area contributed by atoms with Crippen LogP contribution in [0.2, 0.25) is 0 Å². The highest BCUT2D eigenvalue weighted by Gasteiger charge is 2.29. The molecule has 5 nitrogen and oxygen atoms in total. The Morgan fingerprint density at radius 1 is 1.29 bits per heavy atom. The quantitative estimate of drug-likeness (QED) is 0.780. The van der Waals surface area contributed by atoms with Gasteiger partial charge in [-0.1, -0.05) is 18.2 Å². The van der Waals surface area contributed by atoms with E-state index in [1.54, 1.807) is 18.2 Å². The maximum absolute atomic E-state index is 11.7. The Balaban J connectivity index is 2.08. The van der Waals surface area contributed by atoms with Crippen LogP contribution in [0.1, 0.15) is 15.9 Å². The Hall–Kier alpha value is -1.88. The molecule has 0 unspecified atom stereocenters. The number of benzene rings is 1. The molecule has 0 atom stereocenters. The SMILES string of the molecule is O=C(O)c1ccccc1CC(=O)N1CC(O)C1. The Morgan fingerprint density at radius 2 is 1.94 bits per heavy atom. The van der Waals surface area contributed by atoms with E-state index >= 15 is 0 Å². The summed E-state index contributed by atoms with van der Waals surface area (Å²) in [7, 11) is 0. The van der Waals surface area contributed by atoms with Crippen LogP contribution in [0.4, 0.5) is 0 Å². The van der Waals surface area contributed by atoms with E-state index in [0.717, 1.165) is 0 Å². The van der Waals surface area contributed by atoms with Gasteiger partial charge in [-0.15, -0.1) is 0 Å². The normalized spacial score (nSPS) is 15.5. The predicted octanol–water partition coefficient (Wildman–Crippen LogP) is 0.130. The summed E-state index contributed by atoms with van der Waals surface area (Å²) in [6, 6.07) is 6.46. The number of nitrogens with zero attached hydrogens (tertiary/aromatic N) is 1. The van der Waals surface area contributed by atoms with Crippen LogP contribution < -0.4 is 0 Å². The second-order valence-electron chi connectivity index (χ2n) is 4.09. The second-order valence-corrected chi connectivity index (χ2v) is 4.09. The number of likely N-dealkylation sites (tertiary alicyclic amines) is 1. The maximum atomic E-state index is 11.7. The van der Waals surface area contributed by atoms with Gasteiger partial charge >= 0.3 is 5.97 Å². The van der Waals surface area contributed by atoms with E-state index < -0.39 is 12.1 Å². The van der Waals surface area contributed by atoms with E-state index in [2.05, 4.69) is 0 Å². The van der Waals surface area contributed by atoms with Gasteiger partial charge in [0.15, 0.2) is 0 Å². The lowest BCUT2D eigenvalue weighted by atomic mass is 10.0. The minimum Gasteiger partial charge on any atom is -0.478 e. The van der Waals surface area contributed by atoms with Gasteiger partial charge in [-0.05, 0) is 11.6 Å². The van der Waals surface area contributed by atoms with Gasteiger partial charge in [-0.3, -0.25) is 4.79 Å². The van der Waals surface area contributed by atoms with Crippen molar-refractivity contribution in [2.75, 3.05) is 13.1 Å². The molecule has 1 saturated heterocycles. The number of carbonyl (C=O) groups is 2. The molecule has 1 fully saturated rings. The van der Waals surface area contributed by atoms with Crippen molar-refractivity contribution < 1.29 is 19.8 Å². The first-order valence-corrected chi connectivity index (χ1v) is 5.35. The van der Waals surface area contributed by atoms with Crippen LogP contribution in [0.15, 0.2) is 24.3 Å².